The molecule has 120 valence electrons. The van der Waals surface area contributed by atoms with E-state index in [1.807, 2.05) is 67.4 Å². The van der Waals surface area contributed by atoms with Gasteiger partial charge in [-0.15, -0.1) is 5.10 Å². The number of aromatic nitrogens is 4. The fourth-order valence-corrected chi connectivity index (χ4v) is 3.04. The maximum atomic E-state index is 6.29. The first-order valence-electron chi connectivity index (χ1n) is 7.70. The van der Waals surface area contributed by atoms with E-state index in [4.69, 9.17) is 16.6 Å². The number of benzene rings is 2. The molecule has 0 radical (unpaired) electrons. The number of hydrogen-bond donors (Lipinski definition) is 0. The van der Waals surface area contributed by atoms with Gasteiger partial charge in [0.15, 0.2) is 5.65 Å². The molecule has 2 heterocycles. The molecule has 0 spiro atoms. The van der Waals surface area contributed by atoms with E-state index in [-0.39, 0.29) is 0 Å². The van der Waals surface area contributed by atoms with E-state index in [1.54, 1.807) is 4.52 Å². The first-order chi connectivity index (χ1) is 11.6. The van der Waals surface area contributed by atoms with E-state index in [9.17, 15) is 0 Å². The molecule has 0 atom stereocenters. The Morgan fingerprint density at radius 2 is 1.79 bits per heavy atom. The van der Waals surface area contributed by atoms with Crippen LogP contribution in [0.15, 0.2) is 48.5 Å². The van der Waals surface area contributed by atoms with Gasteiger partial charge in [-0.05, 0) is 30.7 Å². The fraction of sp³-hybridized carbons (Fsp3) is 0.167. The molecule has 2 aromatic heterocycles. The van der Waals surface area contributed by atoms with Crippen LogP contribution >= 0.6 is 11.6 Å². The summed E-state index contributed by atoms with van der Waals surface area (Å²) in [5.74, 6) is 1.46. The van der Waals surface area contributed by atoms with Gasteiger partial charge in [0, 0.05) is 24.0 Å². The van der Waals surface area contributed by atoms with Crippen LogP contribution in [0.1, 0.15) is 11.4 Å². The molecule has 4 rings (SSSR count). The summed E-state index contributed by atoms with van der Waals surface area (Å²) in [6.45, 7) is 2.53. The number of hydrogen-bond acceptors (Lipinski definition) is 4. The van der Waals surface area contributed by atoms with Crippen molar-refractivity contribution in [2.24, 2.45) is 0 Å². The second-order valence-corrected chi connectivity index (χ2v) is 6.18. The van der Waals surface area contributed by atoms with Gasteiger partial charge in [0.1, 0.15) is 5.82 Å². The summed E-state index contributed by atoms with van der Waals surface area (Å²) in [4.78, 5) is 11.4. The Morgan fingerprint density at radius 3 is 2.62 bits per heavy atom. The summed E-state index contributed by atoms with van der Waals surface area (Å²) in [5.41, 5.74) is 2.76. The van der Waals surface area contributed by atoms with Crippen molar-refractivity contribution in [3.63, 3.8) is 0 Å². The zero-order valence-electron chi connectivity index (χ0n) is 13.4. The molecule has 6 heteroatoms. The molecule has 0 amide bonds. The first kappa shape index (κ1) is 14.9. The van der Waals surface area contributed by atoms with E-state index in [0.29, 0.717) is 6.54 Å². The highest BCUT2D eigenvalue weighted by atomic mass is 35.5. The standard InChI is InChI=1S/C18H16ClN5/c1-12-20-17-14-8-4-6-10-16(14)21-18(24(17)22-12)23(2)11-13-7-3-5-9-15(13)19/h3-10H,11H2,1-2H3. The second kappa shape index (κ2) is 5.76. The third-order valence-corrected chi connectivity index (χ3v) is 4.34. The van der Waals surface area contributed by atoms with Gasteiger partial charge in [0.2, 0.25) is 5.95 Å². The van der Waals surface area contributed by atoms with Crippen LogP contribution < -0.4 is 4.90 Å². The zero-order chi connectivity index (χ0) is 16.7. The van der Waals surface area contributed by atoms with Crippen molar-refractivity contribution < 1.29 is 0 Å². The van der Waals surface area contributed by atoms with Gasteiger partial charge >= 0.3 is 0 Å². The molecule has 2 aromatic carbocycles. The summed E-state index contributed by atoms with van der Waals surface area (Å²) < 4.78 is 1.80. The molecule has 24 heavy (non-hydrogen) atoms. The van der Waals surface area contributed by atoms with Gasteiger partial charge in [-0.25, -0.2) is 9.97 Å². The Morgan fingerprint density at radius 1 is 1.04 bits per heavy atom. The predicted molar refractivity (Wildman–Crippen MR) is 96.6 cm³/mol. The summed E-state index contributed by atoms with van der Waals surface area (Å²) in [6, 6.07) is 15.8. The highest BCUT2D eigenvalue weighted by molar-refractivity contribution is 6.31. The summed E-state index contributed by atoms with van der Waals surface area (Å²) >= 11 is 6.29. The highest BCUT2D eigenvalue weighted by Gasteiger charge is 2.15. The SMILES string of the molecule is Cc1nc2c3ccccc3nc(N(C)Cc3ccccc3Cl)n2n1. The van der Waals surface area contributed by atoms with E-state index in [2.05, 4.69) is 10.1 Å². The maximum absolute atomic E-state index is 6.29. The van der Waals surface area contributed by atoms with Gasteiger partial charge in [-0.1, -0.05) is 41.9 Å². The van der Waals surface area contributed by atoms with Crippen molar-refractivity contribution in [1.29, 1.82) is 0 Å². The number of fused-ring (bicyclic) bond motifs is 3. The molecule has 0 fully saturated rings. The lowest BCUT2D eigenvalue weighted by Crippen LogP contribution is -2.21. The minimum absolute atomic E-state index is 0.638. The number of nitrogens with zero attached hydrogens (tertiary/aromatic N) is 5. The van der Waals surface area contributed by atoms with Crippen molar-refractivity contribution in [2.45, 2.75) is 13.5 Å². The number of aryl methyl sites for hydroxylation is 1. The molecule has 0 unspecified atom stereocenters. The van der Waals surface area contributed by atoms with Crippen LogP contribution in [0.5, 0.6) is 0 Å². The topological polar surface area (TPSA) is 46.3 Å². The average molecular weight is 338 g/mol. The zero-order valence-corrected chi connectivity index (χ0v) is 14.2. The number of rotatable bonds is 3. The lowest BCUT2D eigenvalue weighted by Gasteiger charge is -2.20. The lowest BCUT2D eigenvalue weighted by molar-refractivity contribution is 0.809. The molecule has 0 aliphatic rings. The van der Waals surface area contributed by atoms with Crippen molar-refractivity contribution in [2.75, 3.05) is 11.9 Å². The van der Waals surface area contributed by atoms with Crippen LogP contribution in [0, 0.1) is 6.92 Å². The van der Waals surface area contributed by atoms with E-state index in [0.717, 1.165) is 38.9 Å². The van der Waals surface area contributed by atoms with E-state index < -0.39 is 0 Å². The van der Waals surface area contributed by atoms with Gasteiger partial charge in [0.25, 0.3) is 0 Å². The molecule has 5 nitrogen and oxygen atoms in total. The molecule has 0 bridgehead atoms. The molecular weight excluding hydrogens is 322 g/mol. The molecule has 0 aliphatic heterocycles. The minimum Gasteiger partial charge on any atom is -0.339 e. The number of halogens is 1. The second-order valence-electron chi connectivity index (χ2n) is 5.77. The first-order valence-corrected chi connectivity index (χ1v) is 8.08. The van der Waals surface area contributed by atoms with Crippen LogP contribution in [0.4, 0.5) is 5.95 Å². The molecule has 0 aliphatic carbocycles. The third kappa shape index (κ3) is 2.47. The summed E-state index contributed by atoms with van der Waals surface area (Å²) in [7, 11) is 1.98. The van der Waals surface area contributed by atoms with Crippen LogP contribution in [0.2, 0.25) is 5.02 Å². The fourth-order valence-electron chi connectivity index (χ4n) is 2.84. The van der Waals surface area contributed by atoms with Crippen molar-refractivity contribution in [3.05, 3.63) is 64.9 Å². The maximum Gasteiger partial charge on any atom is 0.229 e. The molecular formula is C18H16ClN5. The van der Waals surface area contributed by atoms with E-state index >= 15 is 0 Å². The highest BCUT2D eigenvalue weighted by Crippen LogP contribution is 2.24. The van der Waals surface area contributed by atoms with Crippen LogP contribution in [-0.2, 0) is 6.54 Å². The molecule has 0 saturated carbocycles. The van der Waals surface area contributed by atoms with Crippen molar-refractivity contribution in [1.82, 2.24) is 19.6 Å². The lowest BCUT2D eigenvalue weighted by atomic mass is 10.2. The molecule has 0 N–H and O–H groups in total. The van der Waals surface area contributed by atoms with Crippen LogP contribution in [-0.4, -0.2) is 26.6 Å². The van der Waals surface area contributed by atoms with Gasteiger partial charge in [-0.2, -0.15) is 4.52 Å². The van der Waals surface area contributed by atoms with Crippen LogP contribution in [0.3, 0.4) is 0 Å². The Balaban J connectivity index is 1.86. The summed E-state index contributed by atoms with van der Waals surface area (Å²) in [5, 5.41) is 6.26. The van der Waals surface area contributed by atoms with Gasteiger partial charge in [-0.3, -0.25) is 0 Å². The normalized spacial score (nSPS) is 11.3. The van der Waals surface area contributed by atoms with Gasteiger partial charge in [0.05, 0.1) is 5.52 Å². The number of anilines is 1. The molecule has 4 aromatic rings. The van der Waals surface area contributed by atoms with Gasteiger partial charge < -0.3 is 4.90 Å². The minimum atomic E-state index is 0.638. The number of para-hydroxylation sites is 1. The summed E-state index contributed by atoms with van der Waals surface area (Å²) in [6.07, 6.45) is 0. The Bertz CT molecular complexity index is 1040. The Labute approximate surface area is 144 Å². The quantitative estimate of drug-likeness (QED) is 0.569. The van der Waals surface area contributed by atoms with Crippen molar-refractivity contribution >= 4 is 34.1 Å². The monoisotopic (exact) mass is 337 g/mol. The Kier molecular flexibility index (Phi) is 3.58. The van der Waals surface area contributed by atoms with E-state index in [1.165, 1.54) is 0 Å². The Hall–Kier alpha value is -2.66. The third-order valence-electron chi connectivity index (χ3n) is 3.97. The largest absolute Gasteiger partial charge is 0.339 e. The van der Waals surface area contributed by atoms with Crippen LogP contribution in [0.25, 0.3) is 16.6 Å². The average Bonchev–Trinajstić information content (AvgIpc) is 2.97. The van der Waals surface area contributed by atoms with Crippen molar-refractivity contribution in [3.8, 4) is 0 Å². The smallest absolute Gasteiger partial charge is 0.229 e. The predicted octanol–water partition coefficient (Wildman–Crippen LogP) is 3.88. The molecule has 0 saturated heterocycles.